The van der Waals surface area contributed by atoms with E-state index >= 15 is 0 Å². The van der Waals surface area contributed by atoms with Crippen molar-refractivity contribution in [3.8, 4) is 5.82 Å². The number of rotatable bonds is 4. The fraction of sp³-hybridized carbons (Fsp3) is 0.364. The van der Waals surface area contributed by atoms with Gasteiger partial charge in [-0.1, -0.05) is 18.5 Å². The number of nitrogens with one attached hydrogen (secondary N) is 1. The molecule has 0 amide bonds. The molecule has 2 rings (SSSR count). The lowest BCUT2D eigenvalue weighted by Gasteiger charge is -2.09. The molecular weight excluding hydrogens is 309 g/mol. The van der Waals surface area contributed by atoms with E-state index in [1.807, 2.05) is 6.92 Å². The zero-order valence-corrected chi connectivity index (χ0v) is 11.7. The molecule has 0 atom stereocenters. The smallest absolute Gasteiger partial charge is 0.368 e. The zero-order valence-electron chi connectivity index (χ0n) is 10.9. The van der Waals surface area contributed by atoms with Crippen LogP contribution in [0.5, 0.6) is 0 Å². The maximum absolute atomic E-state index is 12.6. The molecule has 114 valence electrons. The third-order valence-corrected chi connectivity index (χ3v) is 2.79. The number of alkyl halides is 3. The van der Waals surface area contributed by atoms with Crippen LogP contribution in [0.3, 0.4) is 0 Å². The van der Waals surface area contributed by atoms with Crippen molar-refractivity contribution in [2.45, 2.75) is 19.5 Å². The normalized spacial score (nSPS) is 11.7. The lowest BCUT2D eigenvalue weighted by atomic mass is 10.3. The fourth-order valence-electron chi connectivity index (χ4n) is 1.53. The Bertz CT molecular complexity index is 639. The summed E-state index contributed by atoms with van der Waals surface area (Å²) >= 11 is 5.83. The van der Waals surface area contributed by atoms with Crippen LogP contribution < -0.4 is 11.1 Å². The first-order chi connectivity index (χ1) is 9.82. The van der Waals surface area contributed by atoms with E-state index in [9.17, 15) is 13.2 Å². The Hall–Kier alpha value is -2.03. The highest BCUT2D eigenvalue weighted by atomic mass is 35.5. The molecule has 0 saturated carbocycles. The predicted octanol–water partition coefficient (Wildman–Crippen LogP) is 2.74. The van der Waals surface area contributed by atoms with E-state index in [0.29, 0.717) is 12.7 Å². The molecule has 0 saturated heterocycles. The lowest BCUT2D eigenvalue weighted by Crippen LogP contribution is -2.10. The molecule has 0 unspecified atom stereocenters. The molecule has 0 spiro atoms. The Morgan fingerprint density at radius 1 is 1.43 bits per heavy atom. The minimum Gasteiger partial charge on any atom is -0.368 e. The highest BCUT2D eigenvalue weighted by Gasteiger charge is 2.32. The summed E-state index contributed by atoms with van der Waals surface area (Å²) in [5, 5.41) is 6.70. The van der Waals surface area contributed by atoms with Crippen LogP contribution in [-0.4, -0.2) is 26.3 Å². The van der Waals surface area contributed by atoms with Crippen LogP contribution in [0.1, 0.15) is 18.9 Å². The van der Waals surface area contributed by atoms with Crippen LogP contribution in [0, 0.1) is 0 Å². The summed E-state index contributed by atoms with van der Waals surface area (Å²) in [6.45, 7) is 2.60. The van der Waals surface area contributed by atoms with E-state index in [1.54, 1.807) is 0 Å². The summed E-state index contributed by atoms with van der Waals surface area (Å²) in [4.78, 5) is 7.60. The molecule has 0 aromatic carbocycles. The first kappa shape index (κ1) is 15.4. The van der Waals surface area contributed by atoms with Crippen LogP contribution in [0.4, 0.5) is 25.1 Å². The van der Waals surface area contributed by atoms with Crippen molar-refractivity contribution in [1.82, 2.24) is 19.7 Å². The Kier molecular flexibility index (Phi) is 4.21. The molecule has 0 bridgehead atoms. The average molecular weight is 321 g/mol. The second-order valence-corrected chi connectivity index (χ2v) is 4.57. The topological polar surface area (TPSA) is 81.6 Å². The number of pyridine rings is 1. The van der Waals surface area contributed by atoms with Crippen LogP contribution in [-0.2, 0) is 6.18 Å². The molecule has 0 aliphatic heterocycles. The van der Waals surface area contributed by atoms with Gasteiger partial charge in [0.25, 0.3) is 0 Å². The number of nitrogen functional groups attached to an aromatic ring is 1. The van der Waals surface area contributed by atoms with Gasteiger partial charge in [0.05, 0.1) is 10.6 Å². The number of hydrogen-bond acceptors (Lipinski definition) is 5. The number of nitrogens with two attached hydrogens (primary N) is 1. The summed E-state index contributed by atoms with van der Waals surface area (Å²) < 4.78 is 38.8. The molecular formula is C11H12ClF3N6. The monoisotopic (exact) mass is 320 g/mol. The van der Waals surface area contributed by atoms with Crippen molar-refractivity contribution < 1.29 is 13.2 Å². The second kappa shape index (κ2) is 5.76. The molecule has 21 heavy (non-hydrogen) atoms. The Morgan fingerprint density at radius 3 is 2.71 bits per heavy atom. The molecule has 0 fully saturated rings. The predicted molar refractivity (Wildman–Crippen MR) is 72.4 cm³/mol. The second-order valence-electron chi connectivity index (χ2n) is 4.16. The summed E-state index contributed by atoms with van der Waals surface area (Å²) in [5.41, 5.74) is 4.72. The van der Waals surface area contributed by atoms with Gasteiger partial charge >= 0.3 is 6.18 Å². The van der Waals surface area contributed by atoms with Gasteiger partial charge in [0.2, 0.25) is 11.9 Å². The van der Waals surface area contributed by atoms with Gasteiger partial charge in [-0.3, -0.25) is 0 Å². The maximum Gasteiger partial charge on any atom is 0.417 e. The van der Waals surface area contributed by atoms with Gasteiger partial charge in [-0.25, -0.2) is 4.98 Å². The van der Waals surface area contributed by atoms with Gasteiger partial charge in [-0.15, -0.1) is 5.10 Å². The standard InChI is InChI=1S/C11H12ClF3N6/c1-2-3-17-10-19-9(16)21(20-10)8-7(12)4-6(5-18-8)11(13,14)15/h4-5H,2-3H2,1H3,(H3,16,17,19,20). The van der Waals surface area contributed by atoms with E-state index < -0.39 is 11.7 Å². The zero-order chi connectivity index (χ0) is 15.6. The maximum atomic E-state index is 12.6. The highest BCUT2D eigenvalue weighted by Crippen LogP contribution is 2.32. The number of anilines is 2. The molecule has 10 heteroatoms. The van der Waals surface area contributed by atoms with Crippen LogP contribution in [0.2, 0.25) is 5.02 Å². The quantitative estimate of drug-likeness (QED) is 0.905. The number of halogens is 4. The molecule has 2 heterocycles. The van der Waals surface area contributed by atoms with E-state index in [2.05, 4.69) is 20.4 Å². The van der Waals surface area contributed by atoms with Crippen LogP contribution in [0.25, 0.3) is 5.82 Å². The van der Waals surface area contributed by atoms with Gasteiger partial charge in [-0.2, -0.15) is 22.8 Å². The van der Waals surface area contributed by atoms with Crippen molar-refractivity contribution in [1.29, 1.82) is 0 Å². The summed E-state index contributed by atoms with van der Waals surface area (Å²) in [6, 6.07) is 0.768. The van der Waals surface area contributed by atoms with Crippen LogP contribution >= 0.6 is 11.6 Å². The summed E-state index contributed by atoms with van der Waals surface area (Å²) in [7, 11) is 0. The fourth-order valence-corrected chi connectivity index (χ4v) is 1.78. The van der Waals surface area contributed by atoms with Gasteiger partial charge in [-0.05, 0) is 12.5 Å². The van der Waals surface area contributed by atoms with E-state index in [0.717, 1.165) is 17.2 Å². The minimum atomic E-state index is -4.52. The lowest BCUT2D eigenvalue weighted by molar-refractivity contribution is -0.137. The van der Waals surface area contributed by atoms with Crippen LogP contribution in [0.15, 0.2) is 12.3 Å². The Morgan fingerprint density at radius 2 is 2.14 bits per heavy atom. The van der Waals surface area contributed by atoms with E-state index in [4.69, 9.17) is 17.3 Å². The molecule has 0 aliphatic carbocycles. The molecule has 2 aromatic heterocycles. The van der Waals surface area contributed by atoms with Gasteiger partial charge in [0, 0.05) is 12.7 Å². The van der Waals surface area contributed by atoms with Crippen molar-refractivity contribution >= 4 is 23.5 Å². The summed E-state index contributed by atoms with van der Waals surface area (Å²) in [6.07, 6.45) is -2.99. The van der Waals surface area contributed by atoms with E-state index in [-0.39, 0.29) is 22.7 Å². The third-order valence-electron chi connectivity index (χ3n) is 2.52. The largest absolute Gasteiger partial charge is 0.417 e. The number of aromatic nitrogens is 4. The molecule has 2 aromatic rings. The van der Waals surface area contributed by atoms with Gasteiger partial charge in [0.1, 0.15) is 0 Å². The van der Waals surface area contributed by atoms with Gasteiger partial charge in [0.15, 0.2) is 5.82 Å². The Balaban J connectivity index is 2.36. The Labute approximate surface area is 123 Å². The molecule has 6 nitrogen and oxygen atoms in total. The highest BCUT2D eigenvalue weighted by molar-refractivity contribution is 6.32. The molecule has 0 aliphatic rings. The molecule has 0 radical (unpaired) electrons. The number of nitrogens with zero attached hydrogens (tertiary/aromatic N) is 4. The SMILES string of the molecule is CCCNc1nc(N)n(-c2ncc(C(F)(F)F)cc2Cl)n1. The summed E-state index contributed by atoms with van der Waals surface area (Å²) in [5.74, 6) is 0.217. The number of hydrogen-bond donors (Lipinski definition) is 2. The van der Waals surface area contributed by atoms with Crippen molar-refractivity contribution in [2.75, 3.05) is 17.6 Å². The van der Waals surface area contributed by atoms with Crippen molar-refractivity contribution in [2.24, 2.45) is 0 Å². The third kappa shape index (κ3) is 3.35. The van der Waals surface area contributed by atoms with Crippen molar-refractivity contribution in [3.05, 3.63) is 22.8 Å². The first-order valence-electron chi connectivity index (χ1n) is 6.02. The average Bonchev–Trinajstić information content (AvgIpc) is 2.76. The minimum absolute atomic E-state index is 0.0146. The van der Waals surface area contributed by atoms with E-state index in [1.165, 1.54) is 0 Å². The molecule has 3 N–H and O–H groups in total. The van der Waals surface area contributed by atoms with Gasteiger partial charge < -0.3 is 11.1 Å². The van der Waals surface area contributed by atoms with Crippen molar-refractivity contribution in [3.63, 3.8) is 0 Å². The first-order valence-corrected chi connectivity index (χ1v) is 6.40.